The van der Waals surface area contributed by atoms with Crippen LogP contribution in [0, 0.1) is 17.8 Å². The van der Waals surface area contributed by atoms with Crippen molar-refractivity contribution in [2.45, 2.75) is 77.2 Å². The average Bonchev–Trinajstić information content (AvgIpc) is 2.67. The Bertz CT molecular complexity index is 302. The summed E-state index contributed by atoms with van der Waals surface area (Å²) in [5, 5.41) is 0. The van der Waals surface area contributed by atoms with E-state index < -0.39 is 5.60 Å². The summed E-state index contributed by atoms with van der Waals surface area (Å²) >= 11 is 0. The summed E-state index contributed by atoms with van der Waals surface area (Å²) < 4.78 is 5.79. The van der Waals surface area contributed by atoms with Crippen molar-refractivity contribution in [2.75, 3.05) is 7.11 Å². The maximum Gasteiger partial charge on any atom is 0.167 e. The molecule has 2 saturated carbocycles. The molecular weight excluding hydrogens is 236 g/mol. The molecule has 2 heteroatoms. The van der Waals surface area contributed by atoms with Crippen LogP contribution in [0.2, 0.25) is 0 Å². The Hall–Kier alpha value is -0.370. The molecule has 19 heavy (non-hydrogen) atoms. The minimum atomic E-state index is -0.443. The number of carbonyl (C=O) groups is 1. The second kappa shape index (κ2) is 6.39. The van der Waals surface area contributed by atoms with Gasteiger partial charge in [-0.3, -0.25) is 4.79 Å². The highest BCUT2D eigenvalue weighted by atomic mass is 16.5. The highest BCUT2D eigenvalue weighted by Crippen LogP contribution is 2.40. The van der Waals surface area contributed by atoms with Crippen LogP contribution in [0.15, 0.2) is 0 Å². The van der Waals surface area contributed by atoms with Gasteiger partial charge in [-0.1, -0.05) is 39.5 Å². The van der Waals surface area contributed by atoms with Crippen LogP contribution in [0.3, 0.4) is 0 Å². The summed E-state index contributed by atoms with van der Waals surface area (Å²) in [7, 11) is 1.75. The van der Waals surface area contributed by atoms with Gasteiger partial charge in [0.25, 0.3) is 0 Å². The van der Waals surface area contributed by atoms with Crippen molar-refractivity contribution in [3.05, 3.63) is 0 Å². The van der Waals surface area contributed by atoms with Gasteiger partial charge in [0, 0.05) is 13.0 Å². The van der Waals surface area contributed by atoms with Crippen LogP contribution >= 0.6 is 0 Å². The monoisotopic (exact) mass is 266 g/mol. The van der Waals surface area contributed by atoms with E-state index in [9.17, 15) is 4.79 Å². The van der Waals surface area contributed by atoms with E-state index in [0.717, 1.165) is 44.4 Å². The highest BCUT2D eigenvalue weighted by Gasteiger charge is 2.43. The zero-order chi connectivity index (χ0) is 13.9. The number of hydrogen-bond donors (Lipinski definition) is 0. The summed E-state index contributed by atoms with van der Waals surface area (Å²) in [6.45, 7) is 4.62. The minimum absolute atomic E-state index is 0.254. The average molecular weight is 266 g/mol. The topological polar surface area (TPSA) is 26.3 Å². The first-order chi connectivity index (χ1) is 9.09. The molecule has 2 aliphatic rings. The first kappa shape index (κ1) is 15.0. The largest absolute Gasteiger partial charge is 0.370 e. The first-order valence-corrected chi connectivity index (χ1v) is 8.18. The normalized spacial score (nSPS) is 35.6. The third-order valence-electron chi connectivity index (χ3n) is 5.72. The fourth-order valence-electron chi connectivity index (χ4n) is 4.01. The molecule has 0 bridgehead atoms. The quantitative estimate of drug-likeness (QED) is 0.709. The van der Waals surface area contributed by atoms with E-state index in [-0.39, 0.29) is 5.92 Å². The molecule has 0 radical (unpaired) electrons. The number of rotatable bonds is 3. The van der Waals surface area contributed by atoms with Gasteiger partial charge in [-0.25, -0.2) is 0 Å². The van der Waals surface area contributed by atoms with Crippen molar-refractivity contribution in [1.29, 1.82) is 0 Å². The predicted octanol–water partition coefficient (Wildman–Crippen LogP) is 4.37. The fourth-order valence-corrected chi connectivity index (χ4v) is 4.01. The summed E-state index contributed by atoms with van der Waals surface area (Å²) in [5.74, 6) is 2.14. The van der Waals surface area contributed by atoms with Crippen molar-refractivity contribution in [3.8, 4) is 0 Å². The number of Topliss-reactive ketones (excluding diaryl/α,β-unsaturated/α-hetero) is 1. The lowest BCUT2D eigenvalue weighted by molar-refractivity contribution is -0.149. The smallest absolute Gasteiger partial charge is 0.167 e. The molecule has 0 heterocycles. The van der Waals surface area contributed by atoms with E-state index in [1.165, 1.54) is 19.3 Å². The summed E-state index contributed by atoms with van der Waals surface area (Å²) in [5.41, 5.74) is -0.443. The maximum atomic E-state index is 13.0. The van der Waals surface area contributed by atoms with Gasteiger partial charge in [0.05, 0.1) is 0 Å². The van der Waals surface area contributed by atoms with Gasteiger partial charge in [-0.2, -0.15) is 0 Å². The van der Waals surface area contributed by atoms with Gasteiger partial charge < -0.3 is 4.74 Å². The SMILES string of the molecule is COC1(C(=O)C2CCC(C)C(C)C2)CCCCCC1. The molecule has 0 saturated heterocycles. The second-order valence-corrected chi connectivity index (χ2v) is 6.94. The molecular formula is C17H30O2. The lowest BCUT2D eigenvalue weighted by atomic mass is 9.70. The highest BCUT2D eigenvalue weighted by molar-refractivity contribution is 5.89. The van der Waals surface area contributed by atoms with Crippen LogP contribution in [-0.2, 0) is 9.53 Å². The van der Waals surface area contributed by atoms with Gasteiger partial charge in [-0.15, -0.1) is 0 Å². The lowest BCUT2D eigenvalue weighted by Gasteiger charge is -2.38. The van der Waals surface area contributed by atoms with Gasteiger partial charge in [0.1, 0.15) is 5.60 Å². The zero-order valence-electron chi connectivity index (χ0n) is 12.9. The number of hydrogen-bond acceptors (Lipinski definition) is 2. The van der Waals surface area contributed by atoms with Crippen LogP contribution in [0.4, 0.5) is 0 Å². The van der Waals surface area contributed by atoms with E-state index in [0.29, 0.717) is 11.7 Å². The van der Waals surface area contributed by atoms with Crippen LogP contribution in [0.25, 0.3) is 0 Å². The van der Waals surface area contributed by atoms with Crippen LogP contribution in [-0.4, -0.2) is 18.5 Å². The molecule has 3 unspecified atom stereocenters. The Morgan fingerprint density at radius 3 is 2.16 bits per heavy atom. The Balaban J connectivity index is 2.07. The standard InChI is InChI=1S/C17H30O2/c1-13-8-9-15(12-14(13)2)16(18)17(19-3)10-6-4-5-7-11-17/h13-15H,4-12H2,1-3H3. The second-order valence-electron chi connectivity index (χ2n) is 6.94. The molecule has 0 spiro atoms. The molecule has 0 aliphatic heterocycles. The van der Waals surface area contributed by atoms with Gasteiger partial charge in [0.15, 0.2) is 5.78 Å². The minimum Gasteiger partial charge on any atom is -0.370 e. The number of ether oxygens (including phenoxy) is 1. The van der Waals surface area contributed by atoms with Crippen molar-refractivity contribution >= 4 is 5.78 Å². The van der Waals surface area contributed by atoms with E-state index in [1.807, 2.05) is 0 Å². The van der Waals surface area contributed by atoms with Crippen molar-refractivity contribution in [1.82, 2.24) is 0 Å². The Morgan fingerprint density at radius 1 is 1.00 bits per heavy atom. The Morgan fingerprint density at radius 2 is 1.63 bits per heavy atom. The van der Waals surface area contributed by atoms with E-state index in [1.54, 1.807) is 7.11 Å². The molecule has 2 nitrogen and oxygen atoms in total. The summed E-state index contributed by atoms with van der Waals surface area (Å²) in [6, 6.07) is 0. The number of methoxy groups -OCH3 is 1. The van der Waals surface area contributed by atoms with Gasteiger partial charge in [-0.05, 0) is 43.9 Å². The van der Waals surface area contributed by atoms with Gasteiger partial charge in [0.2, 0.25) is 0 Å². The van der Waals surface area contributed by atoms with Crippen molar-refractivity contribution < 1.29 is 9.53 Å². The summed E-state index contributed by atoms with van der Waals surface area (Å²) in [4.78, 5) is 13.0. The summed E-state index contributed by atoms with van der Waals surface area (Å²) in [6.07, 6.45) is 10.1. The predicted molar refractivity (Wildman–Crippen MR) is 78.1 cm³/mol. The molecule has 2 rings (SSSR count). The molecule has 2 fully saturated rings. The molecule has 0 aromatic heterocycles. The third-order valence-corrected chi connectivity index (χ3v) is 5.72. The van der Waals surface area contributed by atoms with E-state index in [4.69, 9.17) is 4.74 Å². The van der Waals surface area contributed by atoms with Crippen molar-refractivity contribution in [3.63, 3.8) is 0 Å². The Labute approximate surface area is 118 Å². The molecule has 3 atom stereocenters. The van der Waals surface area contributed by atoms with E-state index >= 15 is 0 Å². The molecule has 110 valence electrons. The zero-order valence-corrected chi connectivity index (χ0v) is 12.9. The molecule has 0 aromatic carbocycles. The Kier molecular flexibility index (Phi) is 5.05. The first-order valence-electron chi connectivity index (χ1n) is 8.18. The van der Waals surface area contributed by atoms with Crippen LogP contribution in [0.1, 0.15) is 71.6 Å². The number of carbonyl (C=O) groups excluding carboxylic acids is 1. The molecule has 2 aliphatic carbocycles. The van der Waals surface area contributed by atoms with Crippen molar-refractivity contribution in [2.24, 2.45) is 17.8 Å². The molecule has 0 amide bonds. The van der Waals surface area contributed by atoms with Crippen LogP contribution in [0.5, 0.6) is 0 Å². The third kappa shape index (κ3) is 3.21. The fraction of sp³-hybridized carbons (Fsp3) is 0.941. The lowest BCUT2D eigenvalue weighted by Crippen LogP contribution is -2.45. The van der Waals surface area contributed by atoms with Crippen LogP contribution < -0.4 is 0 Å². The number of ketones is 1. The molecule has 0 aromatic rings. The molecule has 0 N–H and O–H groups in total. The van der Waals surface area contributed by atoms with E-state index in [2.05, 4.69) is 13.8 Å². The maximum absolute atomic E-state index is 13.0. The van der Waals surface area contributed by atoms with Gasteiger partial charge >= 0.3 is 0 Å².